The van der Waals surface area contributed by atoms with E-state index in [2.05, 4.69) is 10.3 Å². The Hall–Kier alpha value is -2.95. The first-order valence-corrected chi connectivity index (χ1v) is 13.2. The Balaban J connectivity index is 1.44. The number of thiazole rings is 1. The van der Waals surface area contributed by atoms with Crippen LogP contribution in [0.2, 0.25) is 0 Å². The molecular weight excluding hydrogens is 474 g/mol. The minimum atomic E-state index is -3.64. The standard InChI is InChI=1S/C24H27N3O5S2/c1-16-6-9-19(10-7-16)34(29,30)27-12-4-5-18(14-27)23(28)26-24-25-20(15-33-24)17-8-11-21(31-2)22(13-17)32-3/h6-11,13,15,18H,4-5,12,14H2,1-3H3,(H,25,26,28). The van der Waals surface area contributed by atoms with Crippen LogP contribution in [-0.2, 0) is 14.8 Å². The highest BCUT2D eigenvalue weighted by atomic mass is 32.2. The second-order valence-corrected chi connectivity index (χ2v) is 10.9. The molecule has 2 heterocycles. The SMILES string of the molecule is COc1ccc(-c2csc(NC(=O)C3CCCN(S(=O)(=O)c4ccc(C)cc4)C3)n2)cc1OC. The molecule has 0 aliphatic carbocycles. The highest BCUT2D eigenvalue weighted by Gasteiger charge is 2.33. The summed E-state index contributed by atoms with van der Waals surface area (Å²) in [5.74, 6) is 0.549. The van der Waals surface area contributed by atoms with Gasteiger partial charge in [0.05, 0.1) is 30.7 Å². The van der Waals surface area contributed by atoms with Crippen LogP contribution < -0.4 is 14.8 Å². The molecule has 0 spiro atoms. The topological polar surface area (TPSA) is 97.8 Å². The van der Waals surface area contributed by atoms with Gasteiger partial charge < -0.3 is 14.8 Å². The molecule has 1 amide bonds. The first kappa shape index (κ1) is 24.2. The Morgan fingerprint density at radius 1 is 1.12 bits per heavy atom. The predicted molar refractivity (Wildman–Crippen MR) is 132 cm³/mol. The monoisotopic (exact) mass is 501 g/mol. The van der Waals surface area contributed by atoms with Gasteiger partial charge in [0.25, 0.3) is 0 Å². The number of benzene rings is 2. The first-order valence-electron chi connectivity index (χ1n) is 10.9. The number of ether oxygens (including phenoxy) is 2. The molecule has 1 aliphatic rings. The molecule has 0 bridgehead atoms. The summed E-state index contributed by atoms with van der Waals surface area (Å²) in [5.41, 5.74) is 2.53. The molecule has 8 nitrogen and oxygen atoms in total. The molecule has 3 aromatic rings. The average Bonchev–Trinajstić information content (AvgIpc) is 3.32. The maximum absolute atomic E-state index is 13.0. The summed E-state index contributed by atoms with van der Waals surface area (Å²) in [7, 11) is -0.498. The number of rotatable bonds is 7. The van der Waals surface area contributed by atoms with Crippen molar-refractivity contribution in [1.82, 2.24) is 9.29 Å². The quantitative estimate of drug-likeness (QED) is 0.522. The molecule has 1 N–H and O–H groups in total. The normalized spacial score (nSPS) is 16.7. The molecule has 1 atom stereocenters. The number of nitrogens with one attached hydrogen (secondary N) is 1. The number of methoxy groups -OCH3 is 2. The fourth-order valence-corrected chi connectivity index (χ4v) is 6.15. The van der Waals surface area contributed by atoms with E-state index in [0.29, 0.717) is 41.7 Å². The van der Waals surface area contributed by atoms with Gasteiger partial charge in [0, 0.05) is 24.0 Å². The Morgan fingerprint density at radius 3 is 2.56 bits per heavy atom. The van der Waals surface area contributed by atoms with Crippen molar-refractivity contribution in [3.8, 4) is 22.8 Å². The summed E-state index contributed by atoms with van der Waals surface area (Å²) in [5, 5.41) is 5.18. The molecule has 0 saturated carbocycles. The van der Waals surface area contributed by atoms with Crippen molar-refractivity contribution in [1.29, 1.82) is 0 Å². The van der Waals surface area contributed by atoms with Crippen LogP contribution in [0.3, 0.4) is 0 Å². The number of hydrogen-bond acceptors (Lipinski definition) is 7. The summed E-state index contributed by atoms with van der Waals surface area (Å²) < 4.78 is 38.1. The number of carbonyl (C=O) groups excluding carboxylic acids is 1. The average molecular weight is 502 g/mol. The minimum Gasteiger partial charge on any atom is -0.493 e. The van der Waals surface area contributed by atoms with Crippen molar-refractivity contribution in [2.75, 3.05) is 32.6 Å². The predicted octanol–water partition coefficient (Wildman–Crippen LogP) is 4.18. The van der Waals surface area contributed by atoms with Crippen molar-refractivity contribution >= 4 is 32.4 Å². The van der Waals surface area contributed by atoms with Crippen LogP contribution in [0.15, 0.2) is 52.7 Å². The van der Waals surface area contributed by atoms with Gasteiger partial charge in [0.1, 0.15) is 0 Å². The van der Waals surface area contributed by atoms with E-state index in [0.717, 1.165) is 11.1 Å². The van der Waals surface area contributed by atoms with Gasteiger partial charge >= 0.3 is 0 Å². The molecular formula is C24H27N3O5S2. The summed E-state index contributed by atoms with van der Waals surface area (Å²) in [4.78, 5) is 17.7. The Bertz CT molecular complexity index is 1270. The number of amides is 1. The lowest BCUT2D eigenvalue weighted by Gasteiger charge is -2.31. The molecule has 0 radical (unpaired) electrons. The second kappa shape index (κ2) is 10.1. The van der Waals surface area contributed by atoms with Gasteiger partial charge in [0.2, 0.25) is 15.9 Å². The van der Waals surface area contributed by atoms with E-state index in [-0.39, 0.29) is 17.3 Å². The van der Waals surface area contributed by atoms with Gasteiger partial charge in [-0.3, -0.25) is 4.79 Å². The van der Waals surface area contributed by atoms with Crippen molar-refractivity contribution in [2.45, 2.75) is 24.7 Å². The molecule has 1 unspecified atom stereocenters. The van der Waals surface area contributed by atoms with Gasteiger partial charge in [-0.25, -0.2) is 13.4 Å². The maximum atomic E-state index is 13.0. The van der Waals surface area contributed by atoms with Crippen molar-refractivity contribution in [3.63, 3.8) is 0 Å². The Morgan fingerprint density at radius 2 is 1.85 bits per heavy atom. The van der Waals surface area contributed by atoms with Gasteiger partial charge in [-0.05, 0) is 50.1 Å². The van der Waals surface area contributed by atoms with E-state index in [1.807, 2.05) is 24.4 Å². The summed E-state index contributed by atoms with van der Waals surface area (Å²) in [6, 6.07) is 12.3. The zero-order valence-electron chi connectivity index (χ0n) is 19.3. The van der Waals surface area contributed by atoms with E-state index in [1.54, 1.807) is 44.6 Å². The molecule has 2 aromatic carbocycles. The maximum Gasteiger partial charge on any atom is 0.243 e. The summed E-state index contributed by atoms with van der Waals surface area (Å²) in [6.45, 7) is 2.46. The third kappa shape index (κ3) is 5.08. The molecule has 4 rings (SSSR count). The molecule has 34 heavy (non-hydrogen) atoms. The van der Waals surface area contributed by atoms with Crippen LogP contribution in [0.5, 0.6) is 11.5 Å². The number of aromatic nitrogens is 1. The van der Waals surface area contributed by atoms with Gasteiger partial charge in [-0.1, -0.05) is 17.7 Å². The van der Waals surface area contributed by atoms with Gasteiger partial charge in [0.15, 0.2) is 16.6 Å². The highest BCUT2D eigenvalue weighted by molar-refractivity contribution is 7.89. The number of hydrogen-bond donors (Lipinski definition) is 1. The number of carbonyl (C=O) groups is 1. The Labute approximate surface area is 203 Å². The molecule has 1 aromatic heterocycles. The second-order valence-electron chi connectivity index (χ2n) is 8.11. The van der Waals surface area contributed by atoms with Gasteiger partial charge in [-0.15, -0.1) is 11.3 Å². The third-order valence-corrected chi connectivity index (χ3v) is 8.46. The van der Waals surface area contributed by atoms with Crippen molar-refractivity contribution in [2.24, 2.45) is 5.92 Å². The summed E-state index contributed by atoms with van der Waals surface area (Å²) >= 11 is 1.32. The summed E-state index contributed by atoms with van der Waals surface area (Å²) in [6.07, 6.45) is 1.25. The number of sulfonamides is 1. The molecule has 10 heteroatoms. The van der Waals surface area contributed by atoms with E-state index in [1.165, 1.54) is 15.6 Å². The fourth-order valence-electron chi connectivity index (χ4n) is 3.90. The fraction of sp³-hybridized carbons (Fsp3) is 0.333. The highest BCUT2D eigenvalue weighted by Crippen LogP contribution is 2.34. The van der Waals surface area contributed by atoms with E-state index in [9.17, 15) is 13.2 Å². The largest absolute Gasteiger partial charge is 0.493 e. The van der Waals surface area contributed by atoms with Crippen LogP contribution in [-0.4, -0.2) is 50.9 Å². The number of nitrogens with zero attached hydrogens (tertiary/aromatic N) is 2. The lowest BCUT2D eigenvalue weighted by Crippen LogP contribution is -2.43. The minimum absolute atomic E-state index is 0.149. The van der Waals surface area contributed by atoms with Crippen LogP contribution >= 0.6 is 11.3 Å². The first-order chi connectivity index (χ1) is 16.3. The number of aryl methyl sites for hydroxylation is 1. The number of piperidine rings is 1. The van der Waals surface area contributed by atoms with E-state index >= 15 is 0 Å². The molecule has 1 saturated heterocycles. The lowest BCUT2D eigenvalue weighted by molar-refractivity contribution is -0.120. The number of anilines is 1. The zero-order chi connectivity index (χ0) is 24.3. The molecule has 1 aliphatic heterocycles. The van der Waals surface area contributed by atoms with Crippen molar-refractivity contribution < 1.29 is 22.7 Å². The van der Waals surface area contributed by atoms with Crippen LogP contribution in [0.4, 0.5) is 5.13 Å². The van der Waals surface area contributed by atoms with Crippen molar-refractivity contribution in [3.05, 3.63) is 53.4 Å². The zero-order valence-corrected chi connectivity index (χ0v) is 20.9. The molecule has 1 fully saturated rings. The van der Waals surface area contributed by atoms with E-state index in [4.69, 9.17) is 9.47 Å². The van der Waals surface area contributed by atoms with Gasteiger partial charge in [-0.2, -0.15) is 4.31 Å². The van der Waals surface area contributed by atoms with E-state index < -0.39 is 15.9 Å². The van der Waals surface area contributed by atoms with Crippen LogP contribution in [0, 0.1) is 12.8 Å². The van der Waals surface area contributed by atoms with Crippen LogP contribution in [0.25, 0.3) is 11.3 Å². The van der Waals surface area contributed by atoms with Crippen LogP contribution in [0.1, 0.15) is 18.4 Å². The smallest absolute Gasteiger partial charge is 0.243 e. The molecule has 180 valence electrons. The Kier molecular flexibility index (Phi) is 7.20. The lowest BCUT2D eigenvalue weighted by atomic mass is 9.99. The third-order valence-electron chi connectivity index (χ3n) is 5.83.